The van der Waals surface area contributed by atoms with Crippen LogP contribution in [-0.4, -0.2) is 11.8 Å². The number of fused-ring (bicyclic) bond motifs is 1. The van der Waals surface area contributed by atoms with Crippen molar-refractivity contribution in [1.82, 2.24) is 0 Å². The number of imide groups is 1. The van der Waals surface area contributed by atoms with Crippen molar-refractivity contribution in [3.8, 4) is 0 Å². The quantitative estimate of drug-likeness (QED) is 0.650. The van der Waals surface area contributed by atoms with Gasteiger partial charge in [0.05, 0.1) is 16.8 Å². The van der Waals surface area contributed by atoms with Gasteiger partial charge in [-0.25, -0.2) is 4.90 Å². The van der Waals surface area contributed by atoms with Crippen LogP contribution in [0.4, 0.5) is 11.4 Å². The molecule has 1 aliphatic rings. The largest absolute Gasteiger partial charge is 0.399 e. The number of anilines is 2. The molecule has 1 aliphatic heterocycles. The number of carbonyl (C=O) groups is 2. The fourth-order valence-corrected chi connectivity index (χ4v) is 2.35. The van der Waals surface area contributed by atoms with Crippen molar-refractivity contribution < 1.29 is 9.59 Å². The average molecular weight is 317 g/mol. The summed E-state index contributed by atoms with van der Waals surface area (Å²) in [6.07, 6.45) is 0. The van der Waals surface area contributed by atoms with E-state index in [4.69, 9.17) is 5.73 Å². The molecule has 0 aromatic heterocycles. The molecule has 2 aromatic rings. The Morgan fingerprint density at radius 2 is 1.53 bits per heavy atom. The molecule has 0 bridgehead atoms. The normalized spacial score (nSPS) is 13.8. The first-order valence-corrected chi connectivity index (χ1v) is 6.41. The van der Waals surface area contributed by atoms with Crippen LogP contribution in [0.2, 0.25) is 0 Å². The molecule has 3 rings (SSSR count). The van der Waals surface area contributed by atoms with Gasteiger partial charge in [0.15, 0.2) is 0 Å². The molecule has 4 nitrogen and oxygen atoms in total. The number of nitrogens with two attached hydrogens (primary N) is 1. The van der Waals surface area contributed by atoms with Gasteiger partial charge in [0.2, 0.25) is 0 Å². The first-order chi connectivity index (χ1) is 9.08. The van der Waals surface area contributed by atoms with Crippen molar-refractivity contribution in [1.29, 1.82) is 0 Å². The minimum atomic E-state index is -0.338. The second-order valence-electron chi connectivity index (χ2n) is 4.23. The zero-order valence-electron chi connectivity index (χ0n) is 9.76. The lowest BCUT2D eigenvalue weighted by Gasteiger charge is -2.13. The van der Waals surface area contributed by atoms with Crippen molar-refractivity contribution >= 4 is 39.1 Å². The summed E-state index contributed by atoms with van der Waals surface area (Å²) < 4.78 is 0.886. The summed E-state index contributed by atoms with van der Waals surface area (Å²) in [5.41, 5.74) is 7.42. The molecule has 2 amide bonds. The lowest BCUT2D eigenvalue weighted by molar-refractivity contribution is 0.0926. The molecule has 1 heterocycles. The van der Waals surface area contributed by atoms with Crippen LogP contribution in [0.5, 0.6) is 0 Å². The van der Waals surface area contributed by atoms with E-state index in [1.165, 1.54) is 6.07 Å². The maximum atomic E-state index is 12.3. The van der Waals surface area contributed by atoms with E-state index in [9.17, 15) is 9.59 Å². The van der Waals surface area contributed by atoms with Gasteiger partial charge in [-0.1, -0.05) is 15.9 Å². The van der Waals surface area contributed by atoms with Crippen LogP contribution in [0.3, 0.4) is 0 Å². The third-order valence-electron chi connectivity index (χ3n) is 3.00. The smallest absolute Gasteiger partial charge is 0.266 e. The lowest BCUT2D eigenvalue weighted by Crippen LogP contribution is -2.29. The molecule has 0 aliphatic carbocycles. The first-order valence-electron chi connectivity index (χ1n) is 5.62. The number of hydrogen-bond donors (Lipinski definition) is 1. The summed E-state index contributed by atoms with van der Waals surface area (Å²) >= 11 is 3.32. The van der Waals surface area contributed by atoms with Gasteiger partial charge in [-0.05, 0) is 42.5 Å². The molecule has 19 heavy (non-hydrogen) atoms. The number of carbonyl (C=O) groups excluding carboxylic acids is 2. The monoisotopic (exact) mass is 316 g/mol. The number of halogens is 1. The van der Waals surface area contributed by atoms with Gasteiger partial charge in [-0.3, -0.25) is 9.59 Å². The SMILES string of the molecule is Nc1ccc2c(c1)C(=O)N(c1ccc(Br)cc1)C2=O. The second-order valence-corrected chi connectivity index (χ2v) is 5.14. The molecule has 94 valence electrons. The van der Waals surface area contributed by atoms with Crippen molar-refractivity contribution in [2.75, 3.05) is 10.6 Å². The van der Waals surface area contributed by atoms with E-state index in [0.717, 1.165) is 9.37 Å². The van der Waals surface area contributed by atoms with E-state index in [1.807, 2.05) is 0 Å². The third-order valence-corrected chi connectivity index (χ3v) is 3.52. The Kier molecular flexibility index (Phi) is 2.64. The molecular weight excluding hydrogens is 308 g/mol. The third kappa shape index (κ3) is 1.82. The van der Waals surface area contributed by atoms with Gasteiger partial charge in [0.25, 0.3) is 11.8 Å². The van der Waals surface area contributed by atoms with Crippen LogP contribution in [-0.2, 0) is 0 Å². The highest BCUT2D eigenvalue weighted by Gasteiger charge is 2.36. The van der Waals surface area contributed by atoms with Crippen molar-refractivity contribution in [2.24, 2.45) is 0 Å². The predicted molar refractivity (Wildman–Crippen MR) is 76.1 cm³/mol. The summed E-state index contributed by atoms with van der Waals surface area (Å²) in [6, 6.07) is 11.7. The highest BCUT2D eigenvalue weighted by molar-refractivity contribution is 9.10. The van der Waals surface area contributed by atoms with E-state index < -0.39 is 0 Å². The zero-order chi connectivity index (χ0) is 13.6. The highest BCUT2D eigenvalue weighted by Crippen LogP contribution is 2.30. The minimum Gasteiger partial charge on any atom is -0.399 e. The summed E-state index contributed by atoms with van der Waals surface area (Å²) in [7, 11) is 0. The Morgan fingerprint density at radius 3 is 2.21 bits per heavy atom. The van der Waals surface area contributed by atoms with E-state index in [2.05, 4.69) is 15.9 Å². The molecule has 2 N–H and O–H groups in total. The molecular formula is C14H9BrN2O2. The number of nitrogens with zero attached hydrogens (tertiary/aromatic N) is 1. The van der Waals surface area contributed by atoms with Crippen LogP contribution in [0.15, 0.2) is 46.9 Å². The van der Waals surface area contributed by atoms with Crippen molar-refractivity contribution in [3.05, 3.63) is 58.1 Å². The molecule has 0 radical (unpaired) electrons. The van der Waals surface area contributed by atoms with Crippen LogP contribution in [0.1, 0.15) is 20.7 Å². The Labute approximate surface area is 118 Å². The summed E-state index contributed by atoms with van der Waals surface area (Å²) in [4.78, 5) is 25.7. The predicted octanol–water partition coefficient (Wildman–Crippen LogP) is 2.83. The zero-order valence-corrected chi connectivity index (χ0v) is 11.3. The maximum Gasteiger partial charge on any atom is 0.266 e. The topological polar surface area (TPSA) is 63.4 Å². The fraction of sp³-hybridized carbons (Fsp3) is 0. The lowest BCUT2D eigenvalue weighted by atomic mass is 10.1. The number of benzene rings is 2. The highest BCUT2D eigenvalue weighted by atomic mass is 79.9. The number of hydrogen-bond acceptors (Lipinski definition) is 3. The Morgan fingerprint density at radius 1 is 0.895 bits per heavy atom. The number of rotatable bonds is 1. The minimum absolute atomic E-state index is 0.317. The fourth-order valence-electron chi connectivity index (χ4n) is 2.08. The molecule has 0 fully saturated rings. The summed E-state index contributed by atoms with van der Waals surface area (Å²) in [5, 5.41) is 0. The van der Waals surface area contributed by atoms with E-state index >= 15 is 0 Å². The standard InChI is InChI=1S/C14H9BrN2O2/c15-8-1-4-10(5-2-8)17-13(18)11-6-3-9(16)7-12(11)14(17)19/h1-7H,16H2. The van der Waals surface area contributed by atoms with Crippen LogP contribution in [0, 0.1) is 0 Å². The first kappa shape index (κ1) is 11.9. The Balaban J connectivity index is 2.10. The number of amides is 2. The Bertz CT molecular complexity index is 695. The van der Waals surface area contributed by atoms with Crippen molar-refractivity contribution in [3.63, 3.8) is 0 Å². The van der Waals surface area contributed by atoms with Gasteiger partial charge >= 0.3 is 0 Å². The molecule has 0 saturated carbocycles. The molecule has 0 atom stereocenters. The molecule has 0 saturated heterocycles. The number of nitrogen functional groups attached to an aromatic ring is 1. The molecule has 2 aromatic carbocycles. The van der Waals surface area contributed by atoms with Crippen LogP contribution in [0.25, 0.3) is 0 Å². The second kappa shape index (κ2) is 4.20. The summed E-state index contributed by atoms with van der Waals surface area (Å²) in [5.74, 6) is -0.656. The molecule has 5 heteroatoms. The van der Waals surface area contributed by atoms with Crippen LogP contribution >= 0.6 is 15.9 Å². The van der Waals surface area contributed by atoms with E-state index in [1.54, 1.807) is 36.4 Å². The van der Waals surface area contributed by atoms with E-state index in [0.29, 0.717) is 22.5 Å². The van der Waals surface area contributed by atoms with Crippen LogP contribution < -0.4 is 10.6 Å². The van der Waals surface area contributed by atoms with Gasteiger partial charge < -0.3 is 5.73 Å². The Hall–Kier alpha value is -2.14. The summed E-state index contributed by atoms with van der Waals surface area (Å²) in [6.45, 7) is 0. The average Bonchev–Trinajstić information content (AvgIpc) is 2.63. The van der Waals surface area contributed by atoms with E-state index in [-0.39, 0.29) is 11.8 Å². The van der Waals surface area contributed by atoms with Gasteiger partial charge in [0.1, 0.15) is 0 Å². The van der Waals surface area contributed by atoms with Gasteiger partial charge in [0, 0.05) is 10.2 Å². The van der Waals surface area contributed by atoms with Gasteiger partial charge in [-0.2, -0.15) is 0 Å². The van der Waals surface area contributed by atoms with Gasteiger partial charge in [-0.15, -0.1) is 0 Å². The van der Waals surface area contributed by atoms with Crippen molar-refractivity contribution in [2.45, 2.75) is 0 Å². The molecule has 0 unspecified atom stereocenters. The molecule has 0 spiro atoms. The maximum absolute atomic E-state index is 12.3.